The third kappa shape index (κ3) is 3.19. The third-order valence-corrected chi connectivity index (χ3v) is 3.27. The molecule has 21 heavy (non-hydrogen) atoms. The second-order valence-electron chi connectivity index (χ2n) is 5.24. The van der Waals surface area contributed by atoms with E-state index in [2.05, 4.69) is 4.98 Å². The summed E-state index contributed by atoms with van der Waals surface area (Å²) in [6.07, 6.45) is 0.739. The standard InChI is InChI=1S/C14H17N3O4/c1-16(2)6-3-7-17-11-5-4-9(14(20)21)8-10(11)15-12(18)13(17)19/h4-5,8H,3,6-7H2,1-2H3,(H,15,18)(H,20,21). The number of aromatic amines is 1. The van der Waals surface area contributed by atoms with Gasteiger partial charge in [0.25, 0.3) is 0 Å². The Bertz CT molecular complexity index is 789. The number of rotatable bonds is 5. The first-order chi connectivity index (χ1) is 9.90. The number of nitrogens with one attached hydrogen (secondary N) is 2. The molecule has 0 fully saturated rings. The predicted molar refractivity (Wildman–Crippen MR) is 75.5 cm³/mol. The van der Waals surface area contributed by atoms with Gasteiger partial charge in [0, 0.05) is 13.0 Å². The van der Waals surface area contributed by atoms with Crippen LogP contribution in [0.15, 0.2) is 27.8 Å². The van der Waals surface area contributed by atoms with E-state index in [1.807, 2.05) is 14.1 Å². The lowest BCUT2D eigenvalue weighted by atomic mass is 10.2. The first-order valence-corrected chi connectivity index (χ1v) is 6.67. The minimum absolute atomic E-state index is 0.0407. The number of aryl methyl sites for hydroxylation is 1. The normalized spacial score (nSPS) is 11.2. The molecular formula is C14H17N3O4. The molecule has 0 saturated carbocycles. The summed E-state index contributed by atoms with van der Waals surface area (Å²) in [5, 5.41) is 10.9. The van der Waals surface area contributed by atoms with Crippen LogP contribution in [0.3, 0.4) is 0 Å². The lowest BCUT2D eigenvalue weighted by molar-refractivity contribution is -0.858. The van der Waals surface area contributed by atoms with Crippen molar-refractivity contribution in [2.24, 2.45) is 0 Å². The lowest BCUT2D eigenvalue weighted by Crippen LogP contribution is -3.05. The SMILES string of the molecule is C[NH+](C)CCCn1c(=O)c(=O)[nH]c2cc(C(=O)[O-])ccc21. The summed E-state index contributed by atoms with van der Waals surface area (Å²) in [7, 11) is 4.01. The Morgan fingerprint density at radius 2 is 2.05 bits per heavy atom. The molecule has 2 N–H and O–H groups in total. The molecule has 7 heteroatoms. The Morgan fingerprint density at radius 1 is 1.33 bits per heavy atom. The van der Waals surface area contributed by atoms with Crippen molar-refractivity contribution < 1.29 is 14.8 Å². The zero-order valence-corrected chi connectivity index (χ0v) is 11.9. The van der Waals surface area contributed by atoms with Gasteiger partial charge in [0.2, 0.25) is 0 Å². The van der Waals surface area contributed by atoms with Crippen LogP contribution in [0.4, 0.5) is 0 Å². The van der Waals surface area contributed by atoms with Crippen molar-refractivity contribution in [3.8, 4) is 0 Å². The van der Waals surface area contributed by atoms with E-state index in [9.17, 15) is 19.5 Å². The summed E-state index contributed by atoms with van der Waals surface area (Å²) in [5.74, 6) is -1.33. The van der Waals surface area contributed by atoms with E-state index >= 15 is 0 Å². The number of hydrogen-bond donors (Lipinski definition) is 2. The maximum absolute atomic E-state index is 12.0. The van der Waals surface area contributed by atoms with Crippen molar-refractivity contribution in [2.75, 3.05) is 20.6 Å². The van der Waals surface area contributed by atoms with Gasteiger partial charge in [0.15, 0.2) is 0 Å². The second-order valence-corrected chi connectivity index (χ2v) is 5.24. The number of carbonyl (C=O) groups is 1. The van der Waals surface area contributed by atoms with Crippen LogP contribution >= 0.6 is 0 Å². The van der Waals surface area contributed by atoms with E-state index < -0.39 is 17.1 Å². The molecule has 0 radical (unpaired) electrons. The molecule has 0 saturated heterocycles. The van der Waals surface area contributed by atoms with Crippen LogP contribution < -0.4 is 21.1 Å². The molecule has 0 unspecified atom stereocenters. The molecule has 2 aromatic rings. The van der Waals surface area contributed by atoms with Gasteiger partial charge in [-0.3, -0.25) is 9.59 Å². The summed E-state index contributed by atoms with van der Waals surface area (Å²) < 4.78 is 1.39. The number of hydrogen-bond acceptors (Lipinski definition) is 4. The highest BCUT2D eigenvalue weighted by Crippen LogP contribution is 2.11. The van der Waals surface area contributed by atoms with E-state index in [1.54, 1.807) is 0 Å². The topological polar surface area (TPSA) is 99.4 Å². The van der Waals surface area contributed by atoms with Gasteiger partial charge in [0.05, 0.1) is 37.6 Å². The quantitative estimate of drug-likeness (QED) is 0.599. The molecule has 0 amide bonds. The Labute approximate surface area is 120 Å². The molecular weight excluding hydrogens is 274 g/mol. The number of carbonyl (C=O) groups excluding carboxylic acids is 1. The molecule has 2 rings (SSSR count). The largest absolute Gasteiger partial charge is 0.545 e. The predicted octanol–water partition coefficient (Wildman–Crippen LogP) is -2.41. The first kappa shape index (κ1) is 15.0. The van der Waals surface area contributed by atoms with Crippen LogP contribution in [0, 0.1) is 0 Å². The fraction of sp³-hybridized carbons (Fsp3) is 0.357. The Hall–Kier alpha value is -2.41. The number of H-pyrrole nitrogens is 1. The van der Waals surface area contributed by atoms with Gasteiger partial charge >= 0.3 is 11.1 Å². The number of aromatic carboxylic acids is 1. The van der Waals surface area contributed by atoms with Crippen LogP contribution in [-0.4, -0.2) is 36.2 Å². The number of fused-ring (bicyclic) bond motifs is 1. The van der Waals surface area contributed by atoms with Crippen LogP contribution in [0.25, 0.3) is 11.0 Å². The van der Waals surface area contributed by atoms with Gasteiger partial charge < -0.3 is 24.4 Å². The molecule has 1 aromatic heterocycles. The van der Waals surface area contributed by atoms with E-state index in [0.717, 1.165) is 13.0 Å². The summed E-state index contributed by atoms with van der Waals surface area (Å²) in [6, 6.07) is 4.18. The van der Waals surface area contributed by atoms with Crippen LogP contribution in [0.1, 0.15) is 16.8 Å². The highest BCUT2D eigenvalue weighted by molar-refractivity contribution is 5.90. The molecule has 112 valence electrons. The molecule has 1 heterocycles. The number of nitrogens with zero attached hydrogens (tertiary/aromatic N) is 1. The van der Waals surface area contributed by atoms with Crippen molar-refractivity contribution in [3.05, 3.63) is 44.5 Å². The zero-order valence-electron chi connectivity index (χ0n) is 11.9. The van der Waals surface area contributed by atoms with Crippen molar-refractivity contribution >= 4 is 17.0 Å². The number of carboxylic acid groups (broad SMARTS) is 1. The van der Waals surface area contributed by atoms with Crippen molar-refractivity contribution in [2.45, 2.75) is 13.0 Å². The Morgan fingerprint density at radius 3 is 2.67 bits per heavy atom. The van der Waals surface area contributed by atoms with E-state index in [0.29, 0.717) is 17.6 Å². The molecule has 0 bridgehead atoms. The summed E-state index contributed by atoms with van der Waals surface area (Å²) in [6.45, 7) is 1.27. The van der Waals surface area contributed by atoms with E-state index in [1.165, 1.54) is 27.7 Å². The first-order valence-electron chi connectivity index (χ1n) is 6.67. The van der Waals surface area contributed by atoms with Gasteiger partial charge in [-0.15, -0.1) is 0 Å². The zero-order chi connectivity index (χ0) is 15.6. The van der Waals surface area contributed by atoms with E-state index in [-0.39, 0.29) is 5.56 Å². The fourth-order valence-electron chi connectivity index (χ4n) is 2.22. The van der Waals surface area contributed by atoms with Crippen LogP contribution in [0.2, 0.25) is 0 Å². The summed E-state index contributed by atoms with van der Waals surface area (Å²) in [5.41, 5.74) is -0.592. The van der Waals surface area contributed by atoms with Crippen LogP contribution in [0.5, 0.6) is 0 Å². The smallest absolute Gasteiger partial charge is 0.316 e. The van der Waals surface area contributed by atoms with Crippen LogP contribution in [-0.2, 0) is 6.54 Å². The van der Waals surface area contributed by atoms with Gasteiger partial charge in [-0.1, -0.05) is 6.07 Å². The maximum atomic E-state index is 12.0. The molecule has 7 nitrogen and oxygen atoms in total. The van der Waals surface area contributed by atoms with Gasteiger partial charge in [-0.25, -0.2) is 0 Å². The fourth-order valence-corrected chi connectivity index (χ4v) is 2.22. The Kier molecular flexibility index (Phi) is 4.23. The van der Waals surface area contributed by atoms with Gasteiger partial charge in [-0.05, 0) is 17.7 Å². The minimum Gasteiger partial charge on any atom is -0.545 e. The monoisotopic (exact) mass is 291 g/mol. The number of carboxylic acids is 1. The van der Waals surface area contributed by atoms with Crippen molar-refractivity contribution in [3.63, 3.8) is 0 Å². The Balaban J connectivity index is 2.52. The average molecular weight is 291 g/mol. The van der Waals surface area contributed by atoms with E-state index in [4.69, 9.17) is 0 Å². The average Bonchev–Trinajstić information content (AvgIpc) is 2.42. The second kappa shape index (κ2) is 5.92. The van der Waals surface area contributed by atoms with Crippen molar-refractivity contribution in [1.29, 1.82) is 0 Å². The third-order valence-electron chi connectivity index (χ3n) is 3.27. The van der Waals surface area contributed by atoms with Crippen molar-refractivity contribution in [1.82, 2.24) is 9.55 Å². The molecule has 0 aliphatic carbocycles. The summed E-state index contributed by atoms with van der Waals surface area (Å²) in [4.78, 5) is 38.1. The minimum atomic E-state index is -1.33. The highest BCUT2D eigenvalue weighted by Gasteiger charge is 2.09. The molecule has 0 atom stereocenters. The lowest BCUT2D eigenvalue weighted by Gasteiger charge is -2.12. The van der Waals surface area contributed by atoms with Gasteiger partial charge in [0.1, 0.15) is 0 Å². The maximum Gasteiger partial charge on any atom is 0.316 e. The number of benzene rings is 1. The molecule has 0 aliphatic rings. The highest BCUT2D eigenvalue weighted by atomic mass is 16.4. The molecule has 0 aliphatic heterocycles. The van der Waals surface area contributed by atoms with Gasteiger partial charge in [-0.2, -0.15) is 0 Å². The number of quaternary nitrogens is 1. The number of aromatic nitrogens is 2. The summed E-state index contributed by atoms with van der Waals surface area (Å²) >= 11 is 0. The molecule has 0 spiro atoms. The molecule has 1 aromatic carbocycles.